The van der Waals surface area contributed by atoms with Gasteiger partial charge < -0.3 is 19.1 Å². The third kappa shape index (κ3) is 4.56. The second-order valence-corrected chi connectivity index (χ2v) is 11.9. The Balaban J connectivity index is 1.27. The Kier molecular flexibility index (Phi) is 6.41. The highest BCUT2D eigenvalue weighted by Crippen LogP contribution is 2.52. The Bertz CT molecular complexity index is 1760. The Morgan fingerprint density at radius 3 is 2.41 bits per heavy atom. The van der Waals surface area contributed by atoms with E-state index in [0.29, 0.717) is 59.6 Å². The van der Waals surface area contributed by atoms with Gasteiger partial charge in [0.1, 0.15) is 28.9 Å². The van der Waals surface area contributed by atoms with E-state index in [4.69, 9.17) is 9.72 Å². The van der Waals surface area contributed by atoms with Gasteiger partial charge in [-0.2, -0.15) is 13.2 Å². The number of methoxy groups -OCH3 is 1. The van der Waals surface area contributed by atoms with Gasteiger partial charge in [0.05, 0.1) is 19.0 Å². The molecule has 3 aliphatic rings. The van der Waals surface area contributed by atoms with Crippen molar-refractivity contribution in [3.05, 3.63) is 59.9 Å². The minimum Gasteiger partial charge on any atom is -0.480 e. The molecule has 4 heterocycles. The molecule has 2 saturated carbocycles. The fourth-order valence-corrected chi connectivity index (χ4v) is 5.98. The molecule has 1 amide bonds. The van der Waals surface area contributed by atoms with Crippen LogP contribution in [0.1, 0.15) is 68.4 Å². The summed E-state index contributed by atoms with van der Waals surface area (Å²) in [5.41, 5.74) is 1.91. The molecule has 1 aliphatic heterocycles. The van der Waals surface area contributed by atoms with Crippen LogP contribution in [-0.2, 0) is 17.5 Å². The molecule has 7 rings (SSSR count). The Labute approximate surface area is 252 Å². The van der Waals surface area contributed by atoms with Crippen LogP contribution in [0.15, 0.2) is 43.0 Å². The number of fused-ring (bicyclic) bond motifs is 1. The van der Waals surface area contributed by atoms with Gasteiger partial charge in [-0.05, 0) is 45.1 Å². The van der Waals surface area contributed by atoms with E-state index in [1.165, 1.54) is 10.9 Å². The molecule has 228 valence electrons. The summed E-state index contributed by atoms with van der Waals surface area (Å²) < 4.78 is 47.5. The quantitative estimate of drug-likeness (QED) is 0.261. The lowest BCUT2D eigenvalue weighted by atomic mass is 10.0. The number of hydrogen-bond donors (Lipinski definition) is 0. The van der Waals surface area contributed by atoms with Gasteiger partial charge in [0.2, 0.25) is 5.88 Å². The molecule has 4 aromatic rings. The topological polar surface area (TPSA) is 102 Å². The smallest absolute Gasteiger partial charge is 0.434 e. The number of alkyl halides is 3. The SMILES string of the molecule is COc1ncnc(C2CC2)c1-c1ncc2c(n1)N(Cc1ccc(-c3nc(C(F)(F)F)cn3C(C)C)cc1)C1(CC1)C(=O)N2C. The summed E-state index contributed by atoms with van der Waals surface area (Å²) in [4.78, 5) is 39.7. The molecule has 13 heteroatoms. The molecule has 3 aromatic heterocycles. The van der Waals surface area contributed by atoms with Gasteiger partial charge in [-0.15, -0.1) is 0 Å². The number of amides is 1. The minimum absolute atomic E-state index is 0.0177. The van der Waals surface area contributed by atoms with Crippen molar-refractivity contribution >= 4 is 17.4 Å². The van der Waals surface area contributed by atoms with E-state index in [1.807, 2.05) is 30.9 Å². The first-order valence-electron chi connectivity index (χ1n) is 14.6. The molecule has 0 N–H and O–H groups in total. The number of imidazole rings is 1. The van der Waals surface area contributed by atoms with Crippen molar-refractivity contribution in [3.8, 4) is 28.7 Å². The number of ether oxygens (including phenoxy) is 1. The lowest BCUT2D eigenvalue weighted by Gasteiger charge is -2.41. The van der Waals surface area contributed by atoms with Crippen molar-refractivity contribution in [2.45, 2.75) is 69.8 Å². The summed E-state index contributed by atoms with van der Waals surface area (Å²) in [6.07, 6.45) is 3.09. The van der Waals surface area contributed by atoms with E-state index in [2.05, 4.69) is 19.9 Å². The van der Waals surface area contributed by atoms with E-state index in [1.54, 1.807) is 37.4 Å². The molecule has 0 unspecified atom stereocenters. The predicted molar refractivity (Wildman–Crippen MR) is 156 cm³/mol. The van der Waals surface area contributed by atoms with Crippen LogP contribution in [0, 0.1) is 0 Å². The van der Waals surface area contributed by atoms with E-state index < -0.39 is 17.4 Å². The predicted octanol–water partition coefficient (Wildman–Crippen LogP) is 5.80. The highest BCUT2D eigenvalue weighted by Gasteiger charge is 2.59. The minimum atomic E-state index is -4.54. The van der Waals surface area contributed by atoms with Crippen molar-refractivity contribution in [1.29, 1.82) is 0 Å². The van der Waals surface area contributed by atoms with Crippen LogP contribution in [0.2, 0.25) is 0 Å². The van der Waals surface area contributed by atoms with Crippen LogP contribution < -0.4 is 14.5 Å². The molecule has 0 atom stereocenters. The summed E-state index contributed by atoms with van der Waals surface area (Å²) >= 11 is 0. The van der Waals surface area contributed by atoms with E-state index >= 15 is 0 Å². The van der Waals surface area contributed by atoms with Gasteiger partial charge in [-0.25, -0.2) is 24.9 Å². The van der Waals surface area contributed by atoms with Crippen molar-refractivity contribution in [2.75, 3.05) is 24.0 Å². The molecule has 0 bridgehead atoms. The fraction of sp³-hybridized carbons (Fsp3) is 0.419. The monoisotopic (exact) mass is 604 g/mol. The second kappa shape index (κ2) is 10.00. The van der Waals surface area contributed by atoms with Crippen LogP contribution in [0.4, 0.5) is 24.7 Å². The number of nitrogens with zero attached hydrogens (tertiary/aromatic N) is 8. The number of anilines is 2. The highest BCUT2D eigenvalue weighted by molar-refractivity contribution is 6.09. The third-order valence-electron chi connectivity index (χ3n) is 8.66. The van der Waals surface area contributed by atoms with E-state index in [0.717, 1.165) is 30.3 Å². The number of carbonyl (C=O) groups is 1. The number of aromatic nitrogens is 6. The van der Waals surface area contributed by atoms with Gasteiger partial charge in [-0.3, -0.25) is 4.79 Å². The molecule has 1 aromatic carbocycles. The summed E-state index contributed by atoms with van der Waals surface area (Å²) in [6, 6.07) is 7.06. The van der Waals surface area contributed by atoms with E-state index in [-0.39, 0.29) is 17.8 Å². The normalized spacial score (nSPS) is 17.4. The first-order valence-corrected chi connectivity index (χ1v) is 14.6. The fourth-order valence-electron chi connectivity index (χ4n) is 5.98. The van der Waals surface area contributed by atoms with Gasteiger partial charge in [0, 0.05) is 37.3 Å². The van der Waals surface area contributed by atoms with Crippen LogP contribution in [-0.4, -0.2) is 55.1 Å². The maximum atomic E-state index is 13.6. The van der Waals surface area contributed by atoms with Crippen LogP contribution >= 0.6 is 0 Å². The zero-order valence-corrected chi connectivity index (χ0v) is 24.8. The largest absolute Gasteiger partial charge is 0.480 e. The molecule has 2 fully saturated rings. The molecule has 44 heavy (non-hydrogen) atoms. The number of hydrogen-bond acceptors (Lipinski definition) is 8. The number of halogens is 3. The summed E-state index contributed by atoms with van der Waals surface area (Å²) in [6.45, 7) is 4.00. The molecule has 0 saturated heterocycles. The van der Waals surface area contributed by atoms with Crippen LogP contribution in [0.3, 0.4) is 0 Å². The lowest BCUT2D eigenvalue weighted by Crippen LogP contribution is -2.54. The average molecular weight is 605 g/mol. The van der Waals surface area contributed by atoms with Crippen molar-refractivity contribution in [2.24, 2.45) is 0 Å². The third-order valence-corrected chi connectivity index (χ3v) is 8.66. The van der Waals surface area contributed by atoms with Crippen molar-refractivity contribution in [3.63, 3.8) is 0 Å². The molecular weight excluding hydrogens is 573 g/mol. The summed E-state index contributed by atoms with van der Waals surface area (Å²) in [5, 5.41) is 0. The van der Waals surface area contributed by atoms with Gasteiger partial charge in [0.25, 0.3) is 5.91 Å². The van der Waals surface area contributed by atoms with Gasteiger partial charge in [-0.1, -0.05) is 24.3 Å². The maximum absolute atomic E-state index is 13.6. The standard InChI is InChI=1S/C31H31F3N8O2/c1-17(2)41-15-22(31(32,33)34)38-26(41)20-7-5-18(6-8-20)14-42-27-21(40(3)29(43)30(42)11-12-30)13-35-25(39-27)23-24(19-9-10-19)36-16-37-28(23)44-4/h5-8,13,15-17,19H,9-12,14H2,1-4H3. The zero-order valence-electron chi connectivity index (χ0n) is 24.8. The highest BCUT2D eigenvalue weighted by atomic mass is 19.4. The summed E-state index contributed by atoms with van der Waals surface area (Å²) in [5.74, 6) is 1.99. The lowest BCUT2D eigenvalue weighted by molar-refractivity contribution is -0.140. The van der Waals surface area contributed by atoms with Crippen LogP contribution in [0.25, 0.3) is 22.8 Å². The molecular formula is C31H31F3N8O2. The van der Waals surface area contributed by atoms with Crippen LogP contribution in [0.5, 0.6) is 5.88 Å². The summed E-state index contributed by atoms with van der Waals surface area (Å²) in [7, 11) is 3.30. The van der Waals surface area contributed by atoms with Crippen molar-refractivity contribution < 1.29 is 22.7 Å². The molecule has 10 nitrogen and oxygen atoms in total. The Hall–Kier alpha value is -4.55. The Morgan fingerprint density at radius 2 is 1.80 bits per heavy atom. The molecule has 0 radical (unpaired) electrons. The number of carbonyl (C=O) groups excluding carboxylic acids is 1. The van der Waals surface area contributed by atoms with E-state index in [9.17, 15) is 18.0 Å². The maximum Gasteiger partial charge on any atom is 0.434 e. The Morgan fingerprint density at radius 1 is 1.07 bits per heavy atom. The molecule has 2 aliphatic carbocycles. The first-order chi connectivity index (χ1) is 21.0. The zero-order chi connectivity index (χ0) is 31.0. The van der Waals surface area contributed by atoms with Gasteiger partial charge >= 0.3 is 6.18 Å². The number of rotatable bonds is 7. The average Bonchev–Trinajstić information content (AvgIpc) is 3.95. The molecule has 1 spiro atoms. The van der Waals surface area contributed by atoms with Crippen molar-refractivity contribution in [1.82, 2.24) is 29.5 Å². The van der Waals surface area contributed by atoms with Gasteiger partial charge in [0.15, 0.2) is 17.3 Å². The number of likely N-dealkylation sites (N-methyl/N-ethyl adjacent to an activating group) is 1. The second-order valence-electron chi connectivity index (χ2n) is 11.9. The number of benzene rings is 1. The first kappa shape index (κ1) is 28.2.